The fraction of sp³-hybridized carbons (Fsp3) is 0.0968. The van der Waals surface area contributed by atoms with Crippen LogP contribution in [0.15, 0.2) is 94.8 Å². The first-order chi connectivity index (χ1) is 18.8. The van der Waals surface area contributed by atoms with Crippen LogP contribution in [0.1, 0.15) is 22.3 Å². The van der Waals surface area contributed by atoms with Gasteiger partial charge in [0.1, 0.15) is 12.4 Å². The summed E-state index contributed by atoms with van der Waals surface area (Å²) < 4.78 is 19.7. The zero-order valence-corrected chi connectivity index (χ0v) is 23.4. The Kier molecular flexibility index (Phi) is 8.07. The Morgan fingerprint density at radius 3 is 2.18 bits per heavy atom. The standard InChI is InChI=1S/C31H23Cl2FN2O2S/c1-19-7-11-23(12-8-19)35-31-36(24-13-9-20(2)10-14-24)30(37)28(39-31)17-21-15-25(32)29(26(33)16-21)38-18-22-5-3-4-6-27(22)34/h3-17H,18H2,1-2H3/b28-17-,35-31?. The summed E-state index contributed by atoms with van der Waals surface area (Å²) in [6.45, 7) is 3.98. The highest BCUT2D eigenvalue weighted by Crippen LogP contribution is 2.40. The molecule has 0 unspecified atom stereocenters. The van der Waals surface area contributed by atoms with Crippen molar-refractivity contribution < 1.29 is 13.9 Å². The van der Waals surface area contributed by atoms with Crippen LogP contribution in [0.4, 0.5) is 15.8 Å². The molecule has 1 heterocycles. The molecular formula is C31H23Cl2FN2O2S. The van der Waals surface area contributed by atoms with E-state index in [0.29, 0.717) is 21.2 Å². The molecule has 1 saturated heterocycles. The predicted molar refractivity (Wildman–Crippen MR) is 160 cm³/mol. The first kappa shape index (κ1) is 27.0. The van der Waals surface area contributed by atoms with Gasteiger partial charge in [-0.15, -0.1) is 0 Å². The summed E-state index contributed by atoms with van der Waals surface area (Å²) >= 11 is 14.3. The maximum atomic E-state index is 14.0. The number of thioether (sulfide) groups is 1. The van der Waals surface area contributed by atoms with Crippen LogP contribution in [0.25, 0.3) is 6.08 Å². The van der Waals surface area contributed by atoms with E-state index in [1.54, 1.807) is 41.3 Å². The first-order valence-corrected chi connectivity index (χ1v) is 13.7. The normalized spacial score (nSPS) is 15.4. The summed E-state index contributed by atoms with van der Waals surface area (Å²) in [6.07, 6.45) is 1.73. The average Bonchev–Trinajstić information content (AvgIpc) is 3.20. The second-order valence-electron chi connectivity index (χ2n) is 9.01. The zero-order valence-electron chi connectivity index (χ0n) is 21.1. The number of amidine groups is 1. The number of carbonyl (C=O) groups is 1. The van der Waals surface area contributed by atoms with Gasteiger partial charge < -0.3 is 4.74 Å². The molecule has 4 aromatic rings. The van der Waals surface area contributed by atoms with Crippen LogP contribution in [0, 0.1) is 19.7 Å². The van der Waals surface area contributed by atoms with E-state index in [2.05, 4.69) is 0 Å². The Morgan fingerprint density at radius 1 is 0.923 bits per heavy atom. The maximum absolute atomic E-state index is 14.0. The molecule has 0 radical (unpaired) electrons. The van der Waals surface area contributed by atoms with Crippen LogP contribution in [0.5, 0.6) is 5.75 Å². The molecule has 1 aliphatic heterocycles. The van der Waals surface area contributed by atoms with E-state index in [1.807, 2.05) is 62.4 Å². The topological polar surface area (TPSA) is 41.9 Å². The Labute approximate surface area is 240 Å². The summed E-state index contributed by atoms with van der Waals surface area (Å²) in [5.74, 6) is -0.331. The Balaban J connectivity index is 1.45. The number of halogens is 3. The van der Waals surface area contributed by atoms with Gasteiger partial charge in [-0.3, -0.25) is 9.69 Å². The summed E-state index contributed by atoms with van der Waals surface area (Å²) in [7, 11) is 0. The molecule has 5 rings (SSSR count). The molecule has 196 valence electrons. The number of rotatable bonds is 6. The van der Waals surface area contributed by atoms with Crippen molar-refractivity contribution >= 4 is 63.5 Å². The monoisotopic (exact) mass is 576 g/mol. The number of aryl methyl sites for hydroxylation is 2. The Hall–Kier alpha value is -3.58. The number of aliphatic imine (C=N–C) groups is 1. The van der Waals surface area contributed by atoms with Crippen molar-refractivity contribution in [3.63, 3.8) is 0 Å². The molecule has 0 N–H and O–H groups in total. The van der Waals surface area contributed by atoms with Crippen LogP contribution in [-0.2, 0) is 11.4 Å². The van der Waals surface area contributed by atoms with Crippen LogP contribution >= 0.6 is 35.0 Å². The number of amides is 1. The van der Waals surface area contributed by atoms with E-state index in [4.69, 9.17) is 32.9 Å². The number of ether oxygens (including phenoxy) is 1. The molecule has 1 aliphatic rings. The molecule has 0 bridgehead atoms. The van der Waals surface area contributed by atoms with Crippen molar-refractivity contribution in [3.05, 3.63) is 128 Å². The molecule has 0 aliphatic carbocycles. The van der Waals surface area contributed by atoms with Gasteiger partial charge in [-0.05, 0) is 79.7 Å². The number of hydrogen-bond donors (Lipinski definition) is 0. The molecule has 4 aromatic carbocycles. The molecule has 0 aromatic heterocycles. The van der Waals surface area contributed by atoms with Crippen LogP contribution < -0.4 is 9.64 Å². The lowest BCUT2D eigenvalue weighted by atomic mass is 10.2. The number of benzene rings is 4. The molecule has 0 spiro atoms. The van der Waals surface area contributed by atoms with Gasteiger partial charge in [0, 0.05) is 5.56 Å². The molecule has 1 fully saturated rings. The minimum Gasteiger partial charge on any atom is -0.486 e. The van der Waals surface area contributed by atoms with Gasteiger partial charge in [0.05, 0.1) is 26.3 Å². The fourth-order valence-electron chi connectivity index (χ4n) is 3.92. The molecule has 0 saturated carbocycles. The second kappa shape index (κ2) is 11.7. The molecular weight excluding hydrogens is 554 g/mol. The number of nitrogens with zero attached hydrogens (tertiary/aromatic N) is 2. The van der Waals surface area contributed by atoms with Gasteiger partial charge >= 0.3 is 0 Å². The van der Waals surface area contributed by atoms with E-state index >= 15 is 0 Å². The lowest BCUT2D eigenvalue weighted by Gasteiger charge is -2.16. The van der Waals surface area contributed by atoms with Crippen molar-refractivity contribution in [1.29, 1.82) is 0 Å². The molecule has 4 nitrogen and oxygen atoms in total. The minimum absolute atomic E-state index is 0.0226. The van der Waals surface area contributed by atoms with Crippen molar-refractivity contribution in [1.82, 2.24) is 0 Å². The van der Waals surface area contributed by atoms with Crippen LogP contribution in [0.2, 0.25) is 10.0 Å². The number of carbonyl (C=O) groups excluding carboxylic acids is 1. The highest BCUT2D eigenvalue weighted by Gasteiger charge is 2.35. The predicted octanol–water partition coefficient (Wildman–Crippen LogP) is 9.14. The fourth-order valence-corrected chi connectivity index (χ4v) is 5.53. The molecule has 8 heteroatoms. The van der Waals surface area contributed by atoms with Crippen LogP contribution in [-0.4, -0.2) is 11.1 Å². The molecule has 0 atom stereocenters. The highest BCUT2D eigenvalue weighted by molar-refractivity contribution is 8.19. The summed E-state index contributed by atoms with van der Waals surface area (Å²) in [5, 5.41) is 1.05. The van der Waals surface area contributed by atoms with Crippen molar-refractivity contribution in [2.75, 3.05) is 4.90 Å². The molecule has 1 amide bonds. The lowest BCUT2D eigenvalue weighted by Crippen LogP contribution is -2.28. The average molecular weight is 578 g/mol. The van der Waals surface area contributed by atoms with Gasteiger partial charge in [-0.1, -0.05) is 76.8 Å². The maximum Gasteiger partial charge on any atom is 0.271 e. The van der Waals surface area contributed by atoms with E-state index in [0.717, 1.165) is 22.5 Å². The molecule has 39 heavy (non-hydrogen) atoms. The lowest BCUT2D eigenvalue weighted by molar-refractivity contribution is -0.113. The van der Waals surface area contributed by atoms with Crippen LogP contribution in [0.3, 0.4) is 0 Å². The van der Waals surface area contributed by atoms with Gasteiger partial charge in [0.25, 0.3) is 5.91 Å². The zero-order chi connectivity index (χ0) is 27.5. The number of hydrogen-bond acceptors (Lipinski definition) is 4. The minimum atomic E-state index is -0.371. The first-order valence-electron chi connectivity index (χ1n) is 12.1. The SMILES string of the molecule is Cc1ccc(N=C2S/C(=C\c3cc(Cl)c(OCc4ccccc4F)c(Cl)c3)C(=O)N2c2ccc(C)cc2)cc1. The van der Waals surface area contributed by atoms with E-state index in [-0.39, 0.29) is 34.1 Å². The number of anilines is 1. The summed E-state index contributed by atoms with van der Waals surface area (Å²) in [5.41, 5.74) is 4.70. The van der Waals surface area contributed by atoms with Crippen molar-refractivity contribution in [2.24, 2.45) is 4.99 Å². The van der Waals surface area contributed by atoms with Crippen molar-refractivity contribution in [2.45, 2.75) is 20.5 Å². The third-order valence-electron chi connectivity index (χ3n) is 6.01. The summed E-state index contributed by atoms with van der Waals surface area (Å²) in [4.78, 5) is 20.4. The van der Waals surface area contributed by atoms with Gasteiger partial charge in [0.15, 0.2) is 10.9 Å². The van der Waals surface area contributed by atoms with Gasteiger partial charge in [-0.25, -0.2) is 9.38 Å². The third kappa shape index (κ3) is 6.19. The summed E-state index contributed by atoms with van der Waals surface area (Å²) in [6, 6.07) is 25.2. The van der Waals surface area contributed by atoms with Gasteiger partial charge in [0.2, 0.25) is 0 Å². The van der Waals surface area contributed by atoms with Gasteiger partial charge in [-0.2, -0.15) is 0 Å². The Bertz CT molecular complexity index is 1580. The largest absolute Gasteiger partial charge is 0.486 e. The highest BCUT2D eigenvalue weighted by atomic mass is 35.5. The van der Waals surface area contributed by atoms with E-state index in [9.17, 15) is 9.18 Å². The second-order valence-corrected chi connectivity index (χ2v) is 10.8. The third-order valence-corrected chi connectivity index (χ3v) is 7.54. The Morgan fingerprint density at radius 2 is 1.54 bits per heavy atom. The quantitative estimate of drug-likeness (QED) is 0.215. The van der Waals surface area contributed by atoms with E-state index in [1.165, 1.54) is 17.8 Å². The smallest absolute Gasteiger partial charge is 0.271 e. The van der Waals surface area contributed by atoms with E-state index < -0.39 is 0 Å². The van der Waals surface area contributed by atoms with Crippen molar-refractivity contribution in [3.8, 4) is 5.75 Å².